The Morgan fingerprint density at radius 1 is 1.19 bits per heavy atom. The summed E-state index contributed by atoms with van der Waals surface area (Å²) in [5, 5.41) is 14.5. The second-order valence-corrected chi connectivity index (χ2v) is 6.38. The quantitative estimate of drug-likeness (QED) is 0.697. The van der Waals surface area contributed by atoms with Crippen molar-refractivity contribution in [2.24, 2.45) is 7.05 Å². The Labute approximate surface area is 161 Å². The Morgan fingerprint density at radius 2 is 1.89 bits per heavy atom. The summed E-state index contributed by atoms with van der Waals surface area (Å²) in [6.45, 7) is 3.86. The molecule has 0 aliphatic carbocycles. The van der Waals surface area contributed by atoms with E-state index in [1.165, 1.54) is 14.2 Å². The molecule has 8 nitrogen and oxygen atoms in total. The van der Waals surface area contributed by atoms with E-state index < -0.39 is 0 Å². The molecule has 9 heteroatoms. The van der Waals surface area contributed by atoms with Crippen LogP contribution in [-0.2, 0) is 7.05 Å². The summed E-state index contributed by atoms with van der Waals surface area (Å²) in [5.74, 6) is 0.522. The number of aryl methyl sites for hydroxylation is 2. The van der Waals surface area contributed by atoms with E-state index in [1.54, 1.807) is 22.9 Å². The first-order chi connectivity index (χ1) is 12.8. The van der Waals surface area contributed by atoms with Gasteiger partial charge in [-0.15, -0.1) is 0 Å². The van der Waals surface area contributed by atoms with Crippen molar-refractivity contribution in [1.82, 2.24) is 20.0 Å². The van der Waals surface area contributed by atoms with E-state index in [9.17, 15) is 4.79 Å². The molecule has 0 bridgehead atoms. The van der Waals surface area contributed by atoms with Gasteiger partial charge in [0.15, 0.2) is 0 Å². The Morgan fingerprint density at radius 3 is 2.48 bits per heavy atom. The maximum atomic E-state index is 12.6. The summed E-state index contributed by atoms with van der Waals surface area (Å²) in [4.78, 5) is 12.6. The Balaban J connectivity index is 1.88. The minimum atomic E-state index is -0.368. The number of aromatic amines is 1. The minimum absolute atomic E-state index is 0.307. The second kappa shape index (κ2) is 7.32. The van der Waals surface area contributed by atoms with Gasteiger partial charge in [-0.25, -0.2) is 0 Å². The maximum absolute atomic E-state index is 12.6. The molecule has 3 aromatic rings. The fourth-order valence-electron chi connectivity index (χ4n) is 2.86. The molecule has 3 rings (SSSR count). The number of ether oxygens (including phenoxy) is 2. The molecule has 2 aromatic heterocycles. The van der Waals surface area contributed by atoms with Gasteiger partial charge in [0, 0.05) is 24.4 Å². The molecule has 0 saturated carbocycles. The molecule has 2 heterocycles. The van der Waals surface area contributed by atoms with Crippen LogP contribution in [0.15, 0.2) is 18.2 Å². The van der Waals surface area contributed by atoms with E-state index in [4.69, 9.17) is 21.1 Å². The van der Waals surface area contributed by atoms with E-state index in [0.717, 1.165) is 17.0 Å². The number of methoxy groups -OCH3 is 2. The third-order valence-electron chi connectivity index (χ3n) is 4.31. The maximum Gasteiger partial charge on any atom is 0.273 e. The topological polar surface area (TPSA) is 94.1 Å². The van der Waals surface area contributed by atoms with E-state index in [-0.39, 0.29) is 5.91 Å². The van der Waals surface area contributed by atoms with Crippen LogP contribution in [0.5, 0.6) is 11.5 Å². The van der Waals surface area contributed by atoms with Crippen LogP contribution in [0, 0.1) is 13.8 Å². The summed E-state index contributed by atoms with van der Waals surface area (Å²) >= 11 is 6.15. The molecule has 0 aliphatic heterocycles. The van der Waals surface area contributed by atoms with Crippen molar-refractivity contribution in [2.75, 3.05) is 19.5 Å². The zero-order valence-corrected chi connectivity index (χ0v) is 16.4. The van der Waals surface area contributed by atoms with Gasteiger partial charge in [-0.1, -0.05) is 11.6 Å². The van der Waals surface area contributed by atoms with Gasteiger partial charge >= 0.3 is 0 Å². The highest BCUT2D eigenvalue weighted by Gasteiger charge is 2.19. The summed E-state index contributed by atoms with van der Waals surface area (Å²) in [6, 6.07) is 4.87. The summed E-state index contributed by atoms with van der Waals surface area (Å²) in [6.07, 6.45) is 0. The molecule has 0 atom stereocenters. The standard InChI is InChI=1S/C18H20ClN5O3/c1-9-17(10(2)24(3)23-9)13-7-14(22-21-13)18(25)20-12-6-11(19)15(26-4)8-16(12)27-5/h6-8H,1-5H3,(H,20,25)(H,21,22). The van der Waals surface area contributed by atoms with Gasteiger partial charge in [-0.2, -0.15) is 10.2 Å². The van der Waals surface area contributed by atoms with Crippen LogP contribution in [0.4, 0.5) is 5.69 Å². The number of rotatable bonds is 5. The predicted molar refractivity (Wildman–Crippen MR) is 103 cm³/mol. The van der Waals surface area contributed by atoms with Crippen LogP contribution in [0.3, 0.4) is 0 Å². The average molecular weight is 390 g/mol. The van der Waals surface area contributed by atoms with Crippen LogP contribution in [0.2, 0.25) is 5.02 Å². The summed E-state index contributed by atoms with van der Waals surface area (Å²) in [7, 11) is 4.87. The number of hydrogen-bond acceptors (Lipinski definition) is 5. The second-order valence-electron chi connectivity index (χ2n) is 5.98. The molecular weight excluding hydrogens is 370 g/mol. The van der Waals surface area contributed by atoms with Crippen molar-refractivity contribution in [2.45, 2.75) is 13.8 Å². The van der Waals surface area contributed by atoms with Gasteiger partial charge in [0.25, 0.3) is 5.91 Å². The van der Waals surface area contributed by atoms with Crippen LogP contribution < -0.4 is 14.8 Å². The number of hydrogen-bond donors (Lipinski definition) is 2. The van der Waals surface area contributed by atoms with Crippen molar-refractivity contribution in [1.29, 1.82) is 0 Å². The number of amides is 1. The monoisotopic (exact) mass is 389 g/mol. The fourth-order valence-corrected chi connectivity index (χ4v) is 3.10. The van der Waals surface area contributed by atoms with E-state index >= 15 is 0 Å². The van der Waals surface area contributed by atoms with Gasteiger partial charge in [0.1, 0.15) is 17.2 Å². The third-order valence-corrected chi connectivity index (χ3v) is 4.61. The highest BCUT2D eigenvalue weighted by atomic mass is 35.5. The summed E-state index contributed by atoms with van der Waals surface area (Å²) in [5.41, 5.74) is 4.10. The van der Waals surface area contributed by atoms with Gasteiger partial charge in [0.2, 0.25) is 0 Å². The lowest BCUT2D eigenvalue weighted by Crippen LogP contribution is -2.13. The predicted octanol–water partition coefficient (Wildman–Crippen LogP) is 3.35. The highest BCUT2D eigenvalue weighted by Crippen LogP contribution is 2.36. The van der Waals surface area contributed by atoms with Crippen molar-refractivity contribution in [3.05, 3.63) is 40.3 Å². The molecule has 0 spiro atoms. The fraction of sp³-hybridized carbons (Fsp3) is 0.278. The minimum Gasteiger partial charge on any atom is -0.495 e. The van der Waals surface area contributed by atoms with Crippen molar-refractivity contribution >= 4 is 23.2 Å². The first kappa shape index (κ1) is 18.8. The number of carbonyl (C=O) groups is 1. The molecule has 0 aliphatic rings. The number of benzene rings is 1. The van der Waals surface area contributed by atoms with Gasteiger partial charge < -0.3 is 14.8 Å². The van der Waals surface area contributed by atoms with Crippen LogP contribution in [0.25, 0.3) is 11.3 Å². The molecule has 0 fully saturated rings. The third kappa shape index (κ3) is 3.48. The van der Waals surface area contributed by atoms with Crippen LogP contribution in [0.1, 0.15) is 21.9 Å². The molecule has 0 saturated heterocycles. The van der Waals surface area contributed by atoms with Crippen molar-refractivity contribution in [3.8, 4) is 22.8 Å². The normalized spacial score (nSPS) is 10.7. The van der Waals surface area contributed by atoms with Crippen molar-refractivity contribution < 1.29 is 14.3 Å². The number of carbonyl (C=O) groups excluding carboxylic acids is 1. The smallest absolute Gasteiger partial charge is 0.273 e. The van der Waals surface area contributed by atoms with Gasteiger partial charge in [0.05, 0.1) is 36.3 Å². The Kier molecular flexibility index (Phi) is 5.09. The average Bonchev–Trinajstić information content (AvgIpc) is 3.20. The molecule has 0 radical (unpaired) electrons. The van der Waals surface area contributed by atoms with E-state index in [0.29, 0.717) is 33.6 Å². The molecule has 142 valence electrons. The molecule has 2 N–H and O–H groups in total. The van der Waals surface area contributed by atoms with E-state index in [1.807, 2.05) is 20.9 Å². The van der Waals surface area contributed by atoms with Gasteiger partial charge in [-0.05, 0) is 26.0 Å². The lowest BCUT2D eigenvalue weighted by molar-refractivity contribution is 0.102. The number of H-pyrrole nitrogens is 1. The SMILES string of the molecule is COc1cc(OC)c(NC(=O)c2cc(-c3c(C)nn(C)c3C)n[nH]2)cc1Cl. The first-order valence-corrected chi connectivity index (χ1v) is 8.52. The first-order valence-electron chi connectivity index (χ1n) is 8.14. The molecule has 0 unspecified atom stereocenters. The highest BCUT2D eigenvalue weighted by molar-refractivity contribution is 6.32. The number of nitrogens with one attached hydrogen (secondary N) is 2. The zero-order chi connectivity index (χ0) is 19.7. The lowest BCUT2D eigenvalue weighted by Gasteiger charge is -2.12. The molecule has 1 aromatic carbocycles. The molecule has 1 amide bonds. The molecule has 27 heavy (non-hydrogen) atoms. The van der Waals surface area contributed by atoms with Crippen LogP contribution >= 0.6 is 11.6 Å². The van der Waals surface area contributed by atoms with E-state index in [2.05, 4.69) is 20.6 Å². The number of halogens is 1. The summed E-state index contributed by atoms with van der Waals surface area (Å²) < 4.78 is 12.2. The van der Waals surface area contributed by atoms with Gasteiger partial charge in [-0.3, -0.25) is 14.6 Å². The largest absolute Gasteiger partial charge is 0.495 e. The molecular formula is C18H20ClN5O3. The Hall–Kier alpha value is -3.00. The number of nitrogens with zero attached hydrogens (tertiary/aromatic N) is 3. The number of anilines is 1. The van der Waals surface area contributed by atoms with Crippen LogP contribution in [-0.4, -0.2) is 40.1 Å². The van der Waals surface area contributed by atoms with Crippen molar-refractivity contribution in [3.63, 3.8) is 0 Å². The number of aromatic nitrogens is 4. The zero-order valence-electron chi connectivity index (χ0n) is 15.7. The Bertz CT molecular complexity index is 1010. The lowest BCUT2D eigenvalue weighted by atomic mass is 10.1.